The first kappa shape index (κ1) is 34.7. The maximum atomic E-state index is 12.0. The molecule has 4 heteroatoms. The highest BCUT2D eigenvalue weighted by Crippen LogP contribution is 2.36. The minimum atomic E-state index is -0.586. The molecule has 0 bridgehead atoms. The maximum absolute atomic E-state index is 12.0. The molecule has 0 fully saturated rings. The van der Waals surface area contributed by atoms with Gasteiger partial charge in [-0.2, -0.15) is 0 Å². The number of allylic oxidation sites excluding steroid dienone is 1. The van der Waals surface area contributed by atoms with Crippen LogP contribution in [0.3, 0.4) is 0 Å². The van der Waals surface area contributed by atoms with Gasteiger partial charge >= 0.3 is 5.63 Å². The van der Waals surface area contributed by atoms with Crippen molar-refractivity contribution in [2.75, 3.05) is 0 Å². The van der Waals surface area contributed by atoms with Gasteiger partial charge in [-0.25, -0.2) is 4.79 Å². The Bertz CT molecular complexity index is 1050. The zero-order chi connectivity index (χ0) is 29.2. The molecule has 0 aliphatic carbocycles. The molecule has 1 aromatic carbocycles. The second kappa shape index (κ2) is 19.5. The van der Waals surface area contributed by atoms with Crippen LogP contribution < -0.4 is 10.4 Å². The number of ether oxygens (including phenoxy) is 1. The average molecular weight is 618 g/mol. The molecule has 0 aliphatic heterocycles. The molecule has 0 saturated heterocycles. The fourth-order valence-electron chi connectivity index (χ4n) is 5.68. The van der Waals surface area contributed by atoms with Crippen LogP contribution in [0.4, 0.5) is 0 Å². The van der Waals surface area contributed by atoms with Gasteiger partial charge in [0.05, 0.1) is 0 Å². The molecule has 1 heterocycles. The molecular weight excluding hydrogens is 560 g/mol. The van der Waals surface area contributed by atoms with Crippen molar-refractivity contribution in [3.8, 4) is 5.75 Å². The lowest BCUT2D eigenvalue weighted by molar-refractivity contribution is 0.191. The minimum absolute atomic E-state index is 0.317. The van der Waals surface area contributed by atoms with Gasteiger partial charge in [-0.1, -0.05) is 123 Å². The Labute approximate surface area is 253 Å². The lowest BCUT2D eigenvalue weighted by atomic mass is 10.00. The van der Waals surface area contributed by atoms with E-state index >= 15 is 0 Å². The maximum Gasteiger partial charge on any atom is 0.336 e. The van der Waals surface area contributed by atoms with Crippen LogP contribution in [-0.4, -0.2) is 4.51 Å². The van der Waals surface area contributed by atoms with Crippen LogP contribution in [0.5, 0.6) is 5.75 Å². The number of halogens is 1. The third-order valence-corrected chi connectivity index (χ3v) is 8.56. The first-order chi connectivity index (χ1) is 19.3. The first-order valence-corrected chi connectivity index (χ1v) is 17.2. The third kappa shape index (κ3) is 13.4. The molecule has 1 aromatic heterocycles. The number of aryl methyl sites for hydroxylation is 2. The summed E-state index contributed by atoms with van der Waals surface area (Å²) < 4.78 is 11.6. The van der Waals surface area contributed by atoms with E-state index < -0.39 is 4.51 Å². The van der Waals surface area contributed by atoms with Crippen molar-refractivity contribution >= 4 is 26.9 Å². The van der Waals surface area contributed by atoms with Gasteiger partial charge in [0.15, 0.2) is 4.51 Å². The Hall–Kier alpha value is -1.55. The SMILES string of the molecule is C/C=C/C(Br)(CC(C)C)Oc1cc2oc(=O)cc(C)c2cc1CCCCCCCCCCCCCCCCCC. The molecule has 0 N–H and O–H groups in total. The molecule has 1 atom stereocenters. The molecule has 0 saturated carbocycles. The summed E-state index contributed by atoms with van der Waals surface area (Å²) in [5.41, 5.74) is 2.41. The van der Waals surface area contributed by atoms with Crippen LogP contribution in [0.1, 0.15) is 148 Å². The summed E-state index contributed by atoms with van der Waals surface area (Å²) in [5.74, 6) is 1.26. The van der Waals surface area contributed by atoms with Crippen LogP contribution >= 0.6 is 15.9 Å². The quantitative estimate of drug-likeness (QED) is 0.0571. The highest BCUT2D eigenvalue weighted by molar-refractivity contribution is 9.10. The first-order valence-electron chi connectivity index (χ1n) is 16.4. The fourth-order valence-corrected chi connectivity index (χ4v) is 6.76. The molecule has 2 rings (SSSR count). The second-order valence-electron chi connectivity index (χ2n) is 12.2. The predicted octanol–water partition coefficient (Wildman–Crippen LogP) is 12.0. The monoisotopic (exact) mass is 616 g/mol. The van der Waals surface area contributed by atoms with Crippen molar-refractivity contribution in [2.24, 2.45) is 5.92 Å². The van der Waals surface area contributed by atoms with E-state index in [-0.39, 0.29) is 5.63 Å². The normalized spacial score (nSPS) is 13.5. The Morgan fingerprint density at radius 1 is 0.850 bits per heavy atom. The van der Waals surface area contributed by atoms with Crippen molar-refractivity contribution in [1.29, 1.82) is 0 Å². The largest absolute Gasteiger partial charge is 0.472 e. The van der Waals surface area contributed by atoms with Gasteiger partial charge < -0.3 is 9.15 Å². The smallest absolute Gasteiger partial charge is 0.336 e. The number of hydrogen-bond donors (Lipinski definition) is 0. The number of benzene rings is 1. The van der Waals surface area contributed by atoms with E-state index in [1.807, 2.05) is 26.0 Å². The molecule has 0 aliphatic rings. The van der Waals surface area contributed by atoms with E-state index in [0.29, 0.717) is 11.5 Å². The Morgan fingerprint density at radius 2 is 1.38 bits per heavy atom. The van der Waals surface area contributed by atoms with Crippen LogP contribution in [0, 0.1) is 12.8 Å². The lowest BCUT2D eigenvalue weighted by Crippen LogP contribution is -2.28. The zero-order valence-corrected chi connectivity index (χ0v) is 27.9. The molecule has 40 heavy (non-hydrogen) atoms. The number of hydrogen-bond acceptors (Lipinski definition) is 3. The number of unbranched alkanes of at least 4 members (excludes halogenated alkanes) is 15. The van der Waals surface area contributed by atoms with Crippen LogP contribution in [-0.2, 0) is 6.42 Å². The predicted molar refractivity (Wildman–Crippen MR) is 177 cm³/mol. The van der Waals surface area contributed by atoms with E-state index in [4.69, 9.17) is 9.15 Å². The van der Waals surface area contributed by atoms with Crippen molar-refractivity contribution in [3.63, 3.8) is 0 Å². The lowest BCUT2D eigenvalue weighted by Gasteiger charge is -2.29. The van der Waals surface area contributed by atoms with Crippen LogP contribution in [0.15, 0.2) is 39.6 Å². The second-order valence-corrected chi connectivity index (χ2v) is 13.6. The molecule has 0 amide bonds. The van der Waals surface area contributed by atoms with E-state index in [1.54, 1.807) is 6.07 Å². The highest BCUT2D eigenvalue weighted by Gasteiger charge is 2.28. The topological polar surface area (TPSA) is 39.4 Å². The number of fused-ring (bicyclic) bond motifs is 1. The fraction of sp³-hybridized carbons (Fsp3) is 0.694. The molecule has 1 unspecified atom stereocenters. The summed E-state index contributed by atoms with van der Waals surface area (Å²) in [6.07, 6.45) is 27.8. The van der Waals surface area contributed by atoms with E-state index in [1.165, 1.54) is 102 Å². The van der Waals surface area contributed by atoms with Gasteiger partial charge in [0.25, 0.3) is 0 Å². The number of rotatable bonds is 22. The Morgan fingerprint density at radius 3 is 1.88 bits per heavy atom. The molecule has 0 radical (unpaired) electrons. The Balaban J connectivity index is 1.81. The van der Waals surface area contributed by atoms with Crippen LogP contribution in [0.2, 0.25) is 0 Å². The molecular formula is C36H57BrO3. The summed E-state index contributed by atoms with van der Waals surface area (Å²) in [6.45, 7) is 10.7. The summed E-state index contributed by atoms with van der Waals surface area (Å²) in [4.78, 5) is 12.0. The third-order valence-electron chi connectivity index (χ3n) is 7.81. The van der Waals surface area contributed by atoms with E-state index in [2.05, 4.69) is 48.8 Å². The van der Waals surface area contributed by atoms with Crippen molar-refractivity contribution in [1.82, 2.24) is 0 Å². The minimum Gasteiger partial charge on any atom is -0.472 e. The van der Waals surface area contributed by atoms with E-state index in [0.717, 1.165) is 36.0 Å². The van der Waals surface area contributed by atoms with Crippen molar-refractivity contribution in [3.05, 3.63) is 51.9 Å². The van der Waals surface area contributed by atoms with Gasteiger partial charge in [-0.15, -0.1) is 0 Å². The van der Waals surface area contributed by atoms with Gasteiger partial charge in [-0.05, 0) is 71.8 Å². The molecule has 3 nitrogen and oxygen atoms in total. The summed E-state index contributed by atoms with van der Waals surface area (Å²) in [6, 6.07) is 5.67. The molecule has 226 valence electrons. The zero-order valence-electron chi connectivity index (χ0n) is 26.3. The van der Waals surface area contributed by atoms with E-state index in [9.17, 15) is 4.79 Å². The van der Waals surface area contributed by atoms with Crippen molar-refractivity contribution < 1.29 is 9.15 Å². The van der Waals surface area contributed by atoms with Crippen molar-refractivity contribution in [2.45, 2.75) is 155 Å². The molecule has 2 aromatic rings. The standard InChI is InChI=1S/C36H57BrO3/c1-6-8-9-10-11-12-13-14-15-16-17-18-19-20-21-22-23-31-26-32-30(5)25-35(38)39-34(32)27-33(31)40-36(37,24-7-2)28-29(3)4/h7,24-27,29H,6,8-23,28H2,1-5H3/b24-7+. The van der Waals surface area contributed by atoms with Gasteiger partial charge in [0.1, 0.15) is 11.3 Å². The van der Waals surface area contributed by atoms with Gasteiger partial charge in [0, 0.05) is 23.9 Å². The van der Waals surface area contributed by atoms with Gasteiger partial charge in [0.2, 0.25) is 0 Å². The number of alkyl halides is 1. The highest BCUT2D eigenvalue weighted by atomic mass is 79.9. The molecule has 0 spiro atoms. The Kier molecular flexibility index (Phi) is 16.9. The van der Waals surface area contributed by atoms with Gasteiger partial charge in [-0.3, -0.25) is 0 Å². The summed E-state index contributed by atoms with van der Waals surface area (Å²) in [5, 5.41) is 0.994. The summed E-state index contributed by atoms with van der Waals surface area (Å²) >= 11 is 3.86. The summed E-state index contributed by atoms with van der Waals surface area (Å²) in [7, 11) is 0. The average Bonchev–Trinajstić information content (AvgIpc) is 2.88. The van der Waals surface area contributed by atoms with Crippen LogP contribution in [0.25, 0.3) is 11.0 Å².